The molecule has 1 unspecified atom stereocenters. The fourth-order valence-electron chi connectivity index (χ4n) is 1.20. The zero-order valence-corrected chi connectivity index (χ0v) is 14.5. The summed E-state index contributed by atoms with van der Waals surface area (Å²) in [6, 6.07) is 3.52. The Balaban J connectivity index is 3.02. The SMILES string of the molecule is CC(C)(C)[Si](C)(C)OC(c1ccco1)C(Cl)(Cl)Cl. The summed E-state index contributed by atoms with van der Waals surface area (Å²) in [6.07, 6.45) is 0.867. The fourth-order valence-corrected chi connectivity index (χ4v) is 3.11. The van der Waals surface area contributed by atoms with Crippen molar-refractivity contribution >= 4 is 43.1 Å². The number of hydrogen-bond donors (Lipinski definition) is 0. The van der Waals surface area contributed by atoms with Gasteiger partial charge in [0.05, 0.1) is 6.26 Å². The maximum absolute atomic E-state index is 6.16. The van der Waals surface area contributed by atoms with Crippen molar-refractivity contribution in [2.24, 2.45) is 0 Å². The van der Waals surface area contributed by atoms with Crippen LogP contribution < -0.4 is 0 Å². The van der Waals surface area contributed by atoms with Crippen LogP contribution in [0.15, 0.2) is 22.8 Å². The molecule has 0 radical (unpaired) electrons. The summed E-state index contributed by atoms with van der Waals surface area (Å²) in [7, 11) is -2.05. The van der Waals surface area contributed by atoms with Gasteiger partial charge in [-0.2, -0.15) is 0 Å². The first-order chi connectivity index (χ1) is 7.95. The van der Waals surface area contributed by atoms with Crippen LogP contribution in [0.5, 0.6) is 0 Å². The summed E-state index contributed by atoms with van der Waals surface area (Å²) < 4.78 is 9.94. The third kappa shape index (κ3) is 3.91. The minimum absolute atomic E-state index is 0.0355. The van der Waals surface area contributed by atoms with Gasteiger partial charge >= 0.3 is 0 Å². The molecule has 2 nitrogen and oxygen atoms in total. The van der Waals surface area contributed by atoms with Crippen LogP contribution in [0.3, 0.4) is 0 Å². The normalized spacial score (nSPS) is 15.8. The van der Waals surface area contributed by atoms with Gasteiger partial charge in [0.2, 0.25) is 3.79 Å². The van der Waals surface area contributed by atoms with Crippen LogP contribution in [0.4, 0.5) is 0 Å². The van der Waals surface area contributed by atoms with E-state index in [0.717, 1.165) is 0 Å². The molecule has 6 heteroatoms. The average molecular weight is 330 g/mol. The van der Waals surface area contributed by atoms with E-state index in [2.05, 4.69) is 33.9 Å². The highest BCUT2D eigenvalue weighted by atomic mass is 35.6. The molecule has 0 aliphatic rings. The molecule has 1 atom stereocenters. The Hall–Kier alpha value is 0.327. The summed E-state index contributed by atoms with van der Waals surface area (Å²) in [4.78, 5) is 0. The Bertz CT molecular complexity index is 377. The highest BCUT2D eigenvalue weighted by Crippen LogP contribution is 2.47. The van der Waals surface area contributed by atoms with E-state index in [-0.39, 0.29) is 5.04 Å². The molecular weight excluding hydrogens is 311 g/mol. The van der Waals surface area contributed by atoms with Gasteiger partial charge in [0.15, 0.2) is 14.4 Å². The van der Waals surface area contributed by atoms with Crippen LogP contribution in [-0.4, -0.2) is 12.1 Å². The molecule has 0 bridgehead atoms. The van der Waals surface area contributed by atoms with Gasteiger partial charge in [0, 0.05) is 0 Å². The van der Waals surface area contributed by atoms with Crippen molar-refractivity contribution in [3.63, 3.8) is 0 Å². The largest absolute Gasteiger partial charge is 0.466 e. The van der Waals surface area contributed by atoms with E-state index in [0.29, 0.717) is 5.76 Å². The highest BCUT2D eigenvalue weighted by Gasteiger charge is 2.46. The third-order valence-electron chi connectivity index (χ3n) is 3.32. The minimum Gasteiger partial charge on any atom is -0.466 e. The lowest BCUT2D eigenvalue weighted by atomic mass is 10.2. The van der Waals surface area contributed by atoms with Gasteiger partial charge in [0.1, 0.15) is 5.76 Å². The predicted molar refractivity (Wildman–Crippen MR) is 80.0 cm³/mol. The van der Waals surface area contributed by atoms with Crippen molar-refractivity contribution in [3.8, 4) is 0 Å². The topological polar surface area (TPSA) is 22.4 Å². The van der Waals surface area contributed by atoms with Crippen LogP contribution in [0, 0.1) is 0 Å². The minimum atomic E-state index is -2.05. The standard InChI is InChI=1S/C12H19Cl3O2Si/c1-11(2,3)18(4,5)17-10(12(13,14)15)9-7-6-8-16-9/h6-8,10H,1-5H3. The Morgan fingerprint density at radius 2 is 1.78 bits per heavy atom. The van der Waals surface area contributed by atoms with Crippen LogP contribution in [0.25, 0.3) is 0 Å². The molecular formula is C12H19Cl3O2Si. The Morgan fingerprint density at radius 1 is 1.22 bits per heavy atom. The fraction of sp³-hybridized carbons (Fsp3) is 0.667. The number of furan rings is 1. The van der Waals surface area contributed by atoms with Crippen LogP contribution >= 0.6 is 34.8 Å². The molecule has 0 fully saturated rings. The summed E-state index contributed by atoms with van der Waals surface area (Å²) >= 11 is 18.0. The van der Waals surface area contributed by atoms with Crippen LogP contribution in [0.1, 0.15) is 32.6 Å². The third-order valence-corrected chi connectivity index (χ3v) is 8.35. The lowest BCUT2D eigenvalue weighted by Gasteiger charge is -2.40. The number of hydrogen-bond acceptors (Lipinski definition) is 2. The summed E-state index contributed by atoms with van der Waals surface area (Å²) in [5.74, 6) is 0.542. The van der Waals surface area contributed by atoms with Gasteiger partial charge in [-0.1, -0.05) is 55.6 Å². The average Bonchev–Trinajstić information content (AvgIpc) is 2.62. The quantitative estimate of drug-likeness (QED) is 0.523. The van der Waals surface area contributed by atoms with E-state index in [9.17, 15) is 0 Å². The Labute approximate surface area is 125 Å². The van der Waals surface area contributed by atoms with Crippen molar-refractivity contribution < 1.29 is 8.84 Å². The van der Waals surface area contributed by atoms with E-state index in [1.807, 2.05) is 0 Å². The van der Waals surface area contributed by atoms with Crippen molar-refractivity contribution in [1.82, 2.24) is 0 Å². The zero-order valence-electron chi connectivity index (χ0n) is 11.3. The van der Waals surface area contributed by atoms with Crippen molar-refractivity contribution in [2.45, 2.75) is 48.8 Å². The zero-order chi connectivity index (χ0) is 14.2. The molecule has 1 rings (SSSR count). The second-order valence-electron chi connectivity index (χ2n) is 5.82. The first kappa shape index (κ1) is 16.4. The molecule has 104 valence electrons. The summed E-state index contributed by atoms with van der Waals surface area (Å²) in [5, 5.41) is 0.0355. The molecule has 0 aliphatic carbocycles. The van der Waals surface area contributed by atoms with Crippen molar-refractivity contribution in [3.05, 3.63) is 24.2 Å². The maximum Gasteiger partial charge on any atom is 0.222 e. The smallest absolute Gasteiger partial charge is 0.222 e. The van der Waals surface area contributed by atoms with Gasteiger partial charge in [-0.3, -0.25) is 0 Å². The molecule has 0 N–H and O–H groups in total. The Morgan fingerprint density at radius 3 is 2.11 bits per heavy atom. The first-order valence-electron chi connectivity index (χ1n) is 5.73. The van der Waals surface area contributed by atoms with Crippen LogP contribution in [0.2, 0.25) is 18.1 Å². The van der Waals surface area contributed by atoms with Crippen molar-refractivity contribution in [2.75, 3.05) is 0 Å². The molecule has 0 spiro atoms. The molecule has 0 saturated carbocycles. The summed E-state index contributed by atoms with van der Waals surface area (Å²) in [5.41, 5.74) is 0. The molecule has 0 saturated heterocycles. The van der Waals surface area contributed by atoms with Crippen LogP contribution in [-0.2, 0) is 4.43 Å². The first-order valence-corrected chi connectivity index (χ1v) is 9.77. The second kappa shape index (κ2) is 5.37. The van der Waals surface area contributed by atoms with Crippen molar-refractivity contribution in [1.29, 1.82) is 0 Å². The maximum atomic E-state index is 6.16. The van der Waals surface area contributed by atoms with E-state index in [1.54, 1.807) is 18.4 Å². The lowest BCUT2D eigenvalue weighted by Crippen LogP contribution is -2.44. The molecule has 1 aromatic heterocycles. The van der Waals surface area contributed by atoms with Gasteiger partial charge < -0.3 is 8.84 Å². The second-order valence-corrected chi connectivity index (χ2v) is 12.9. The molecule has 0 amide bonds. The lowest BCUT2D eigenvalue weighted by molar-refractivity contribution is 0.160. The highest BCUT2D eigenvalue weighted by molar-refractivity contribution is 6.74. The number of alkyl halides is 3. The number of rotatable bonds is 3. The van der Waals surface area contributed by atoms with Gasteiger partial charge in [0.25, 0.3) is 0 Å². The monoisotopic (exact) mass is 328 g/mol. The molecule has 18 heavy (non-hydrogen) atoms. The summed E-state index contributed by atoms with van der Waals surface area (Å²) in [6.45, 7) is 10.6. The van der Waals surface area contributed by atoms with E-state index in [4.69, 9.17) is 43.6 Å². The molecule has 0 aliphatic heterocycles. The Kier molecular flexibility index (Phi) is 4.89. The molecule has 1 heterocycles. The van der Waals surface area contributed by atoms with Gasteiger partial charge in [-0.05, 0) is 30.3 Å². The molecule has 1 aromatic rings. The van der Waals surface area contributed by atoms with E-state index in [1.165, 1.54) is 0 Å². The van der Waals surface area contributed by atoms with E-state index < -0.39 is 18.2 Å². The van der Waals surface area contributed by atoms with Gasteiger partial charge in [-0.25, -0.2) is 0 Å². The van der Waals surface area contributed by atoms with Gasteiger partial charge in [-0.15, -0.1) is 0 Å². The molecule has 0 aromatic carbocycles. The number of halogens is 3. The van der Waals surface area contributed by atoms with E-state index >= 15 is 0 Å². The predicted octanol–water partition coefficient (Wildman–Crippen LogP) is 5.71.